The zero-order valence-corrected chi connectivity index (χ0v) is 12.9. The Hall–Kier alpha value is -1.39. The molecular formula is C16H21N3S. The van der Waals surface area contributed by atoms with E-state index in [1.807, 2.05) is 6.07 Å². The molecule has 1 unspecified atom stereocenters. The van der Waals surface area contributed by atoms with Crippen LogP contribution in [0.4, 0.5) is 0 Å². The molecule has 0 saturated carbocycles. The van der Waals surface area contributed by atoms with Crippen molar-refractivity contribution in [2.24, 2.45) is 0 Å². The largest absolute Gasteiger partial charge is 0.310 e. The van der Waals surface area contributed by atoms with E-state index < -0.39 is 0 Å². The van der Waals surface area contributed by atoms with Gasteiger partial charge in [0, 0.05) is 23.3 Å². The van der Waals surface area contributed by atoms with Gasteiger partial charge in [-0.3, -0.25) is 0 Å². The van der Waals surface area contributed by atoms with Crippen molar-refractivity contribution in [1.29, 1.82) is 0 Å². The summed E-state index contributed by atoms with van der Waals surface area (Å²) in [6, 6.07) is 11.0. The molecule has 20 heavy (non-hydrogen) atoms. The predicted octanol–water partition coefficient (Wildman–Crippen LogP) is 3.83. The highest BCUT2D eigenvalue weighted by Gasteiger charge is 2.04. The molecular weight excluding hydrogens is 266 g/mol. The molecule has 1 aromatic carbocycles. The topological polar surface area (TPSA) is 37.8 Å². The van der Waals surface area contributed by atoms with Gasteiger partial charge in [0.1, 0.15) is 5.82 Å². The van der Waals surface area contributed by atoms with Crippen molar-refractivity contribution in [3.8, 4) is 0 Å². The molecule has 0 aliphatic heterocycles. The third-order valence-electron chi connectivity index (χ3n) is 3.07. The van der Waals surface area contributed by atoms with Crippen LogP contribution in [0, 0.1) is 0 Å². The van der Waals surface area contributed by atoms with Gasteiger partial charge < -0.3 is 5.32 Å². The molecule has 1 heterocycles. The van der Waals surface area contributed by atoms with Crippen LogP contribution in [0.3, 0.4) is 0 Å². The summed E-state index contributed by atoms with van der Waals surface area (Å²) >= 11 is 1.77. The maximum absolute atomic E-state index is 4.23. The molecule has 4 heteroatoms. The van der Waals surface area contributed by atoms with Crippen LogP contribution < -0.4 is 5.32 Å². The van der Waals surface area contributed by atoms with Crippen molar-refractivity contribution >= 4 is 11.8 Å². The number of rotatable bonds is 7. The van der Waals surface area contributed by atoms with Gasteiger partial charge in [0.2, 0.25) is 0 Å². The van der Waals surface area contributed by atoms with Gasteiger partial charge in [-0.05, 0) is 43.7 Å². The van der Waals surface area contributed by atoms with Crippen LogP contribution in [0.25, 0.3) is 0 Å². The van der Waals surface area contributed by atoms with Crippen LogP contribution in [0.1, 0.15) is 37.7 Å². The molecule has 0 spiro atoms. The van der Waals surface area contributed by atoms with Gasteiger partial charge >= 0.3 is 0 Å². The molecule has 3 nitrogen and oxygen atoms in total. The molecule has 0 bridgehead atoms. The van der Waals surface area contributed by atoms with Gasteiger partial charge in [0.25, 0.3) is 0 Å². The second-order valence-corrected chi connectivity index (χ2v) is 5.75. The van der Waals surface area contributed by atoms with Crippen molar-refractivity contribution in [2.75, 3.05) is 6.54 Å². The zero-order chi connectivity index (χ0) is 14.2. The highest BCUT2D eigenvalue weighted by atomic mass is 32.2. The van der Waals surface area contributed by atoms with Gasteiger partial charge in [0.05, 0.1) is 5.75 Å². The third kappa shape index (κ3) is 4.62. The normalized spacial score (nSPS) is 12.3. The molecule has 1 N–H and O–H groups in total. The van der Waals surface area contributed by atoms with E-state index in [1.54, 1.807) is 24.2 Å². The van der Waals surface area contributed by atoms with Gasteiger partial charge in [-0.25, -0.2) is 9.97 Å². The SMILES string of the molecule is CCCNC(C)c1ccc(SCc2ncccn2)cc1. The number of nitrogens with one attached hydrogen (secondary N) is 1. The third-order valence-corrected chi connectivity index (χ3v) is 4.08. The summed E-state index contributed by atoms with van der Waals surface area (Å²) in [5.41, 5.74) is 1.33. The lowest BCUT2D eigenvalue weighted by molar-refractivity contribution is 0.570. The summed E-state index contributed by atoms with van der Waals surface area (Å²) in [5.74, 6) is 1.68. The first-order valence-corrected chi connectivity index (χ1v) is 8.00. The number of benzene rings is 1. The van der Waals surface area contributed by atoms with E-state index in [-0.39, 0.29) is 0 Å². The van der Waals surface area contributed by atoms with Crippen molar-refractivity contribution in [3.63, 3.8) is 0 Å². The lowest BCUT2D eigenvalue weighted by Crippen LogP contribution is -2.19. The summed E-state index contributed by atoms with van der Waals surface area (Å²) in [6.45, 7) is 5.45. The van der Waals surface area contributed by atoms with Crippen molar-refractivity contribution in [1.82, 2.24) is 15.3 Å². The highest BCUT2D eigenvalue weighted by Crippen LogP contribution is 2.23. The Balaban J connectivity index is 1.88. The average molecular weight is 287 g/mol. The van der Waals surface area contributed by atoms with E-state index in [0.717, 1.165) is 24.5 Å². The van der Waals surface area contributed by atoms with E-state index in [4.69, 9.17) is 0 Å². The maximum atomic E-state index is 4.23. The first-order chi connectivity index (χ1) is 9.79. The second kappa shape index (κ2) is 8.02. The number of hydrogen-bond donors (Lipinski definition) is 1. The number of nitrogens with zero attached hydrogens (tertiary/aromatic N) is 2. The van der Waals surface area contributed by atoms with E-state index in [9.17, 15) is 0 Å². The fraction of sp³-hybridized carbons (Fsp3) is 0.375. The van der Waals surface area contributed by atoms with Crippen LogP contribution in [0.2, 0.25) is 0 Å². The second-order valence-electron chi connectivity index (χ2n) is 4.70. The minimum absolute atomic E-state index is 0.409. The lowest BCUT2D eigenvalue weighted by atomic mass is 10.1. The van der Waals surface area contributed by atoms with Gasteiger partial charge in [0.15, 0.2) is 0 Å². The van der Waals surface area contributed by atoms with Gasteiger partial charge in [-0.15, -0.1) is 11.8 Å². The molecule has 106 valence electrons. The van der Waals surface area contributed by atoms with E-state index >= 15 is 0 Å². The van der Waals surface area contributed by atoms with Crippen LogP contribution in [-0.2, 0) is 5.75 Å². The Kier molecular flexibility index (Phi) is 6.02. The number of thioether (sulfide) groups is 1. The summed E-state index contributed by atoms with van der Waals surface area (Å²) in [5, 5.41) is 3.50. The quantitative estimate of drug-likeness (QED) is 0.785. The Bertz CT molecular complexity index is 499. The highest BCUT2D eigenvalue weighted by molar-refractivity contribution is 7.98. The van der Waals surface area contributed by atoms with E-state index in [0.29, 0.717) is 6.04 Å². The van der Waals surface area contributed by atoms with Gasteiger partial charge in [-0.2, -0.15) is 0 Å². The fourth-order valence-corrected chi connectivity index (χ4v) is 2.66. The Labute approximate surface area is 125 Å². The van der Waals surface area contributed by atoms with Crippen LogP contribution in [0.15, 0.2) is 47.6 Å². The van der Waals surface area contributed by atoms with Crippen LogP contribution in [-0.4, -0.2) is 16.5 Å². The summed E-state index contributed by atoms with van der Waals surface area (Å²) in [7, 11) is 0. The zero-order valence-electron chi connectivity index (χ0n) is 12.0. The molecule has 0 amide bonds. The molecule has 0 aliphatic carbocycles. The molecule has 0 fully saturated rings. The van der Waals surface area contributed by atoms with E-state index in [1.165, 1.54) is 10.5 Å². The van der Waals surface area contributed by atoms with Crippen molar-refractivity contribution in [3.05, 3.63) is 54.1 Å². The summed E-state index contributed by atoms with van der Waals surface area (Å²) < 4.78 is 0. The standard InChI is InChI=1S/C16H21N3S/c1-3-9-17-13(2)14-5-7-15(8-6-14)20-12-16-18-10-4-11-19-16/h4-8,10-11,13,17H,3,9,12H2,1-2H3. The molecule has 2 aromatic rings. The van der Waals surface area contributed by atoms with Crippen molar-refractivity contribution in [2.45, 2.75) is 37.0 Å². The molecule has 1 aromatic heterocycles. The summed E-state index contributed by atoms with van der Waals surface area (Å²) in [6.07, 6.45) is 4.73. The first kappa shape index (κ1) is 15.0. The van der Waals surface area contributed by atoms with Crippen molar-refractivity contribution < 1.29 is 0 Å². The van der Waals surface area contributed by atoms with Crippen LogP contribution in [0.5, 0.6) is 0 Å². The lowest BCUT2D eigenvalue weighted by Gasteiger charge is -2.13. The van der Waals surface area contributed by atoms with E-state index in [2.05, 4.69) is 53.4 Å². The first-order valence-electron chi connectivity index (χ1n) is 7.01. The molecule has 2 rings (SSSR count). The molecule has 0 saturated heterocycles. The van der Waals surface area contributed by atoms with Crippen LogP contribution >= 0.6 is 11.8 Å². The number of aromatic nitrogens is 2. The Morgan fingerprint density at radius 2 is 1.85 bits per heavy atom. The summed E-state index contributed by atoms with van der Waals surface area (Å²) in [4.78, 5) is 9.72. The minimum Gasteiger partial charge on any atom is -0.310 e. The maximum Gasteiger partial charge on any atom is 0.138 e. The molecule has 1 atom stereocenters. The minimum atomic E-state index is 0.409. The molecule has 0 radical (unpaired) electrons. The smallest absolute Gasteiger partial charge is 0.138 e. The average Bonchev–Trinajstić information content (AvgIpc) is 2.52. The molecule has 0 aliphatic rings. The monoisotopic (exact) mass is 287 g/mol. The van der Waals surface area contributed by atoms with Gasteiger partial charge in [-0.1, -0.05) is 19.1 Å². The Morgan fingerprint density at radius 1 is 1.15 bits per heavy atom. The predicted molar refractivity (Wildman–Crippen MR) is 84.7 cm³/mol. The fourth-order valence-electron chi connectivity index (χ4n) is 1.88. The Morgan fingerprint density at radius 3 is 2.50 bits per heavy atom. The number of hydrogen-bond acceptors (Lipinski definition) is 4.